The van der Waals surface area contributed by atoms with Crippen LogP contribution in [-0.4, -0.2) is 9.13 Å². The first-order valence-corrected chi connectivity index (χ1v) is 17.9. The van der Waals surface area contributed by atoms with Crippen molar-refractivity contribution in [1.82, 2.24) is 9.13 Å². The highest BCUT2D eigenvalue weighted by molar-refractivity contribution is 7.28. The Morgan fingerprint density at radius 3 is 1.23 bits per heavy atom. The van der Waals surface area contributed by atoms with Crippen molar-refractivity contribution in [2.24, 2.45) is 0 Å². The molecule has 6 heterocycles. The van der Waals surface area contributed by atoms with Crippen molar-refractivity contribution in [3.63, 3.8) is 0 Å². The molecular weight excluding hydrogens is 629 g/mol. The second-order valence-electron chi connectivity index (χ2n) is 13.3. The van der Waals surface area contributed by atoms with Crippen molar-refractivity contribution in [2.75, 3.05) is 0 Å². The van der Waals surface area contributed by atoms with E-state index in [-0.39, 0.29) is 0 Å². The van der Waals surface area contributed by atoms with Crippen LogP contribution in [0.15, 0.2) is 106 Å². The standard InChI is InChI=1S/C42H28N2O2S2/c1-21-5-11-25(12-6-21)43-31-17-23(3)9-15-27(31)37-35(43)41-39(45-37)29-19-34-30(20-33(29)47-41)40-42(48-34)36-38(46-40)28-16-10-24(4)18-32(28)44(36)26-13-7-22(2)8-14-26/h5-20H,1-4H3. The van der Waals surface area contributed by atoms with Gasteiger partial charge in [0.25, 0.3) is 0 Å². The van der Waals surface area contributed by atoms with Gasteiger partial charge in [-0.2, -0.15) is 0 Å². The molecular formula is C42H28N2O2S2. The van der Waals surface area contributed by atoms with Gasteiger partial charge >= 0.3 is 0 Å². The number of furan rings is 2. The van der Waals surface area contributed by atoms with Gasteiger partial charge in [0.2, 0.25) is 0 Å². The SMILES string of the molecule is Cc1ccc(-n2c3cc(C)ccc3c3oc4c5cc6sc7c(oc8c9ccc(C)cc9n(-c9ccc(C)cc9)c87)c6cc5sc4c32)cc1. The molecule has 0 aliphatic heterocycles. The minimum atomic E-state index is 0.952. The van der Waals surface area contributed by atoms with Gasteiger partial charge < -0.3 is 18.0 Å². The fourth-order valence-electron chi connectivity index (χ4n) is 7.64. The summed E-state index contributed by atoms with van der Waals surface area (Å²) in [5.41, 5.74) is 15.7. The molecule has 0 saturated heterocycles. The van der Waals surface area contributed by atoms with Crippen LogP contribution in [-0.2, 0) is 0 Å². The molecule has 6 aromatic heterocycles. The van der Waals surface area contributed by atoms with E-state index >= 15 is 0 Å². The third kappa shape index (κ3) is 3.43. The predicted octanol–water partition coefficient (Wildman–Crippen LogP) is 13.0. The molecule has 11 rings (SSSR count). The van der Waals surface area contributed by atoms with E-state index in [2.05, 4.69) is 134 Å². The maximum absolute atomic E-state index is 6.86. The summed E-state index contributed by atoms with van der Waals surface area (Å²) >= 11 is 3.63. The second-order valence-corrected chi connectivity index (χ2v) is 15.4. The van der Waals surface area contributed by atoms with Crippen LogP contribution in [0, 0.1) is 27.7 Å². The second kappa shape index (κ2) is 9.19. The monoisotopic (exact) mass is 656 g/mol. The van der Waals surface area contributed by atoms with Gasteiger partial charge in [0, 0.05) is 42.3 Å². The highest BCUT2D eigenvalue weighted by Gasteiger charge is 2.26. The largest absolute Gasteiger partial charge is 0.452 e. The Labute approximate surface area is 282 Å². The van der Waals surface area contributed by atoms with Crippen LogP contribution in [0.25, 0.3) is 96.1 Å². The number of hydrogen-bond acceptors (Lipinski definition) is 4. The molecule has 0 amide bonds. The van der Waals surface area contributed by atoms with Crippen LogP contribution in [0.1, 0.15) is 22.3 Å². The molecule has 4 nitrogen and oxygen atoms in total. The molecule has 0 aliphatic rings. The summed E-state index contributed by atoms with van der Waals surface area (Å²) in [5, 5.41) is 4.60. The maximum atomic E-state index is 6.86. The molecule has 0 aliphatic carbocycles. The minimum Gasteiger partial charge on any atom is -0.452 e. The molecule has 0 N–H and O–H groups in total. The molecule has 5 aromatic carbocycles. The zero-order valence-corrected chi connectivity index (χ0v) is 28.4. The Bertz CT molecular complexity index is 2920. The van der Waals surface area contributed by atoms with Crippen molar-refractivity contribution in [3.8, 4) is 11.4 Å². The number of fused-ring (bicyclic) bond motifs is 14. The van der Waals surface area contributed by atoms with E-state index < -0.39 is 0 Å². The Morgan fingerprint density at radius 1 is 0.417 bits per heavy atom. The summed E-state index contributed by atoms with van der Waals surface area (Å²) in [6, 6.07) is 35.5. The molecule has 48 heavy (non-hydrogen) atoms. The summed E-state index contributed by atoms with van der Waals surface area (Å²) in [5.74, 6) is 0. The van der Waals surface area contributed by atoms with Crippen molar-refractivity contribution < 1.29 is 8.83 Å². The van der Waals surface area contributed by atoms with Crippen molar-refractivity contribution in [1.29, 1.82) is 0 Å². The molecule has 11 aromatic rings. The van der Waals surface area contributed by atoms with E-state index in [0.29, 0.717) is 0 Å². The Morgan fingerprint density at radius 2 is 0.812 bits per heavy atom. The maximum Gasteiger partial charge on any atom is 0.162 e. The van der Waals surface area contributed by atoms with E-state index in [1.54, 1.807) is 0 Å². The first-order chi connectivity index (χ1) is 23.4. The molecule has 0 fully saturated rings. The number of aromatic nitrogens is 2. The van der Waals surface area contributed by atoms with Crippen LogP contribution in [0.2, 0.25) is 0 Å². The average molecular weight is 657 g/mol. The molecule has 0 bridgehead atoms. The normalized spacial score (nSPS) is 12.6. The minimum absolute atomic E-state index is 0.952. The smallest absolute Gasteiger partial charge is 0.162 e. The van der Waals surface area contributed by atoms with E-state index in [1.165, 1.54) is 52.1 Å². The predicted molar refractivity (Wildman–Crippen MR) is 204 cm³/mol. The third-order valence-corrected chi connectivity index (χ3v) is 12.3. The molecule has 0 atom stereocenters. The Balaban J connectivity index is 1.21. The lowest BCUT2D eigenvalue weighted by Gasteiger charge is -2.07. The van der Waals surface area contributed by atoms with E-state index in [9.17, 15) is 0 Å². The molecule has 0 unspecified atom stereocenters. The zero-order chi connectivity index (χ0) is 32.0. The summed E-state index contributed by atoms with van der Waals surface area (Å²) in [7, 11) is 0. The van der Waals surface area contributed by atoms with Gasteiger partial charge in [0.05, 0.1) is 20.4 Å². The van der Waals surface area contributed by atoms with Crippen molar-refractivity contribution >= 4 is 107 Å². The lowest BCUT2D eigenvalue weighted by Crippen LogP contribution is -1.93. The van der Waals surface area contributed by atoms with Crippen LogP contribution in [0.3, 0.4) is 0 Å². The average Bonchev–Trinajstić information content (AvgIpc) is 3.89. The van der Waals surface area contributed by atoms with Gasteiger partial charge in [-0.15, -0.1) is 22.7 Å². The Hall–Kier alpha value is -5.30. The summed E-state index contributed by atoms with van der Waals surface area (Å²) < 4.78 is 23.3. The summed E-state index contributed by atoms with van der Waals surface area (Å²) in [6.45, 7) is 8.57. The first kappa shape index (κ1) is 26.7. The molecule has 230 valence electrons. The molecule has 6 heteroatoms. The van der Waals surface area contributed by atoms with Gasteiger partial charge in [-0.1, -0.05) is 47.5 Å². The van der Waals surface area contributed by atoms with E-state index in [4.69, 9.17) is 8.83 Å². The number of benzene rings is 5. The number of thiophene rings is 2. The highest BCUT2D eigenvalue weighted by Crippen LogP contribution is 2.50. The Kier molecular flexibility index (Phi) is 5.12. The van der Waals surface area contributed by atoms with Crippen LogP contribution in [0.4, 0.5) is 0 Å². The zero-order valence-electron chi connectivity index (χ0n) is 26.8. The first-order valence-electron chi connectivity index (χ1n) is 16.2. The summed E-state index contributed by atoms with van der Waals surface area (Å²) in [4.78, 5) is 0. The van der Waals surface area contributed by atoms with Crippen molar-refractivity contribution in [2.45, 2.75) is 27.7 Å². The van der Waals surface area contributed by atoms with Crippen LogP contribution >= 0.6 is 22.7 Å². The van der Waals surface area contributed by atoms with Gasteiger partial charge in [-0.05, 0) is 99.5 Å². The summed E-state index contributed by atoms with van der Waals surface area (Å²) in [6.07, 6.45) is 0. The van der Waals surface area contributed by atoms with Crippen LogP contribution in [0.5, 0.6) is 0 Å². The highest BCUT2D eigenvalue weighted by atomic mass is 32.1. The number of hydrogen-bond donors (Lipinski definition) is 0. The van der Waals surface area contributed by atoms with Crippen LogP contribution < -0.4 is 0 Å². The molecule has 0 radical (unpaired) electrons. The fraction of sp³-hybridized carbons (Fsp3) is 0.0952. The van der Waals surface area contributed by atoms with Gasteiger partial charge in [0.1, 0.15) is 11.0 Å². The lowest BCUT2D eigenvalue weighted by molar-refractivity contribution is 0.676. The van der Waals surface area contributed by atoms with E-state index in [0.717, 1.165) is 66.3 Å². The number of nitrogens with zero attached hydrogens (tertiary/aromatic N) is 2. The number of aryl methyl sites for hydroxylation is 4. The van der Waals surface area contributed by atoms with Gasteiger partial charge in [0.15, 0.2) is 22.3 Å². The van der Waals surface area contributed by atoms with Gasteiger partial charge in [-0.25, -0.2) is 0 Å². The number of rotatable bonds is 2. The quantitative estimate of drug-likeness (QED) is 0.186. The fourth-order valence-corrected chi connectivity index (χ4v) is 10.0. The third-order valence-electron chi connectivity index (χ3n) is 9.99. The van der Waals surface area contributed by atoms with E-state index in [1.807, 2.05) is 22.7 Å². The van der Waals surface area contributed by atoms with Crippen molar-refractivity contribution in [3.05, 3.63) is 119 Å². The van der Waals surface area contributed by atoms with Gasteiger partial charge in [-0.3, -0.25) is 0 Å². The molecule has 0 saturated carbocycles. The molecule has 0 spiro atoms. The topological polar surface area (TPSA) is 36.1 Å². The lowest BCUT2D eigenvalue weighted by atomic mass is 10.2.